The van der Waals surface area contributed by atoms with Gasteiger partial charge in [0.2, 0.25) is 0 Å². The number of rotatable bonds is 2. The van der Waals surface area contributed by atoms with Crippen molar-refractivity contribution < 1.29 is 18.0 Å². The zero-order valence-corrected chi connectivity index (χ0v) is 14.8. The van der Waals surface area contributed by atoms with E-state index in [-0.39, 0.29) is 24.4 Å². The number of likely N-dealkylation sites (tertiary alicyclic amines) is 1. The molecule has 2 aromatic heterocycles. The van der Waals surface area contributed by atoms with Crippen LogP contribution in [0.15, 0.2) is 30.5 Å². The molecule has 144 valence electrons. The fourth-order valence-corrected chi connectivity index (χ4v) is 3.89. The Labute approximate surface area is 154 Å². The number of aromatic nitrogens is 3. The van der Waals surface area contributed by atoms with Gasteiger partial charge in [-0.2, -0.15) is 18.3 Å². The number of carbonyl (C=O) groups is 1. The maximum Gasteiger partial charge on any atom is 0.410 e. The van der Waals surface area contributed by atoms with Gasteiger partial charge in [0.1, 0.15) is 11.5 Å². The van der Waals surface area contributed by atoms with Gasteiger partial charge in [-0.25, -0.2) is 4.68 Å². The molecule has 6 nitrogen and oxygen atoms in total. The van der Waals surface area contributed by atoms with Gasteiger partial charge >= 0.3 is 6.18 Å². The minimum absolute atomic E-state index is 0.0706. The lowest BCUT2D eigenvalue weighted by Crippen LogP contribution is -2.38. The molecule has 9 heteroatoms. The van der Waals surface area contributed by atoms with Gasteiger partial charge in [-0.3, -0.25) is 9.78 Å². The van der Waals surface area contributed by atoms with E-state index in [1.165, 1.54) is 0 Å². The zero-order chi connectivity index (χ0) is 19.2. The zero-order valence-electron chi connectivity index (χ0n) is 14.8. The average Bonchev–Trinajstić information content (AvgIpc) is 3.26. The molecule has 0 spiro atoms. The van der Waals surface area contributed by atoms with Crippen molar-refractivity contribution >= 4 is 11.7 Å². The topological polar surface area (TPSA) is 63.1 Å². The molecule has 0 radical (unpaired) electrons. The van der Waals surface area contributed by atoms with Gasteiger partial charge in [0.05, 0.1) is 11.7 Å². The highest BCUT2D eigenvalue weighted by Gasteiger charge is 2.46. The lowest BCUT2D eigenvalue weighted by molar-refractivity contribution is -0.173. The van der Waals surface area contributed by atoms with E-state index in [9.17, 15) is 18.0 Å². The third kappa shape index (κ3) is 3.26. The number of amides is 1. The van der Waals surface area contributed by atoms with E-state index in [0.29, 0.717) is 30.2 Å². The average molecular weight is 379 g/mol. The predicted molar refractivity (Wildman–Crippen MR) is 92.3 cm³/mol. The van der Waals surface area contributed by atoms with E-state index in [1.807, 2.05) is 0 Å². The van der Waals surface area contributed by atoms with Crippen LogP contribution in [0.5, 0.6) is 0 Å². The molecule has 4 heterocycles. The van der Waals surface area contributed by atoms with Gasteiger partial charge in [0.15, 0.2) is 6.04 Å². The second-order valence-electron chi connectivity index (χ2n) is 7.11. The third-order valence-corrected chi connectivity index (χ3v) is 5.14. The van der Waals surface area contributed by atoms with Crippen LogP contribution in [0, 0.1) is 0 Å². The molecule has 0 bridgehead atoms. The second kappa shape index (κ2) is 6.54. The molecule has 3 atom stereocenters. The molecule has 1 unspecified atom stereocenters. The first-order chi connectivity index (χ1) is 12.8. The van der Waals surface area contributed by atoms with Crippen LogP contribution in [0.25, 0.3) is 0 Å². The number of anilines is 1. The van der Waals surface area contributed by atoms with Gasteiger partial charge in [0.25, 0.3) is 5.91 Å². The van der Waals surface area contributed by atoms with E-state index in [2.05, 4.69) is 15.4 Å². The normalized spacial score (nSPS) is 25.2. The fraction of sp³-hybridized carbons (Fsp3) is 0.500. The highest BCUT2D eigenvalue weighted by molar-refractivity contribution is 5.92. The van der Waals surface area contributed by atoms with Crippen molar-refractivity contribution in [3.63, 3.8) is 0 Å². The molecule has 1 N–H and O–H groups in total. The van der Waals surface area contributed by atoms with Crippen molar-refractivity contribution in [3.8, 4) is 0 Å². The molecule has 2 aliphatic heterocycles. The summed E-state index contributed by atoms with van der Waals surface area (Å²) in [6, 6.07) is 4.44. The lowest BCUT2D eigenvalue weighted by atomic mass is 10.1. The summed E-state index contributed by atoms with van der Waals surface area (Å²) in [6.45, 7) is 2.26. The molecule has 0 aliphatic carbocycles. The molecule has 2 aromatic rings. The number of nitrogens with one attached hydrogen (secondary N) is 1. The van der Waals surface area contributed by atoms with E-state index in [4.69, 9.17) is 0 Å². The number of nitrogens with zero attached hydrogens (tertiary/aromatic N) is 4. The standard InChI is InChI=1S/C18H20F3N5O/c1-11-9-15(18(19,20)21)26-16(23-11)10-13(24-26)14-6-4-8-25(14)17(27)12-5-2-3-7-22-12/h2-3,5,7,10-11,14-15,23H,4,6,8-9H2,1H3/t11-,14?,15-/m1/s1. The number of fused-ring (bicyclic) bond motifs is 1. The number of halogens is 3. The van der Waals surface area contributed by atoms with E-state index in [0.717, 1.165) is 11.1 Å². The molecular formula is C18H20F3N5O. The molecule has 4 rings (SSSR count). The van der Waals surface area contributed by atoms with E-state index >= 15 is 0 Å². The summed E-state index contributed by atoms with van der Waals surface area (Å²) in [6.07, 6.45) is -1.45. The summed E-state index contributed by atoms with van der Waals surface area (Å²) in [5.74, 6) is 0.126. The molecule has 1 saturated heterocycles. The van der Waals surface area contributed by atoms with Crippen LogP contribution in [0.3, 0.4) is 0 Å². The largest absolute Gasteiger partial charge is 0.410 e. The van der Waals surface area contributed by atoms with Crippen molar-refractivity contribution in [2.75, 3.05) is 11.9 Å². The Morgan fingerprint density at radius 2 is 2.15 bits per heavy atom. The Kier molecular flexibility index (Phi) is 4.32. The van der Waals surface area contributed by atoms with Crippen LogP contribution in [0.4, 0.5) is 19.0 Å². The van der Waals surface area contributed by atoms with Crippen molar-refractivity contribution in [1.82, 2.24) is 19.7 Å². The summed E-state index contributed by atoms with van der Waals surface area (Å²) in [7, 11) is 0. The van der Waals surface area contributed by atoms with Crippen LogP contribution < -0.4 is 5.32 Å². The van der Waals surface area contributed by atoms with Crippen LogP contribution in [-0.4, -0.2) is 44.3 Å². The van der Waals surface area contributed by atoms with Crippen molar-refractivity contribution in [2.24, 2.45) is 0 Å². The van der Waals surface area contributed by atoms with Crippen LogP contribution >= 0.6 is 0 Å². The van der Waals surface area contributed by atoms with Gasteiger partial charge in [-0.05, 0) is 38.3 Å². The Balaban J connectivity index is 1.65. The van der Waals surface area contributed by atoms with Gasteiger partial charge in [-0.15, -0.1) is 0 Å². The minimum atomic E-state index is -4.37. The Hall–Kier alpha value is -2.58. The number of pyridine rings is 1. The number of hydrogen-bond donors (Lipinski definition) is 1. The summed E-state index contributed by atoms with van der Waals surface area (Å²) >= 11 is 0. The molecule has 27 heavy (non-hydrogen) atoms. The Morgan fingerprint density at radius 3 is 2.85 bits per heavy atom. The number of hydrogen-bond acceptors (Lipinski definition) is 4. The molecule has 1 amide bonds. The van der Waals surface area contributed by atoms with E-state index < -0.39 is 12.2 Å². The smallest absolute Gasteiger partial charge is 0.368 e. The van der Waals surface area contributed by atoms with E-state index in [1.54, 1.807) is 42.3 Å². The maximum absolute atomic E-state index is 13.4. The summed E-state index contributed by atoms with van der Waals surface area (Å²) in [5.41, 5.74) is 0.816. The maximum atomic E-state index is 13.4. The van der Waals surface area contributed by atoms with Crippen molar-refractivity contribution in [3.05, 3.63) is 41.9 Å². The third-order valence-electron chi connectivity index (χ3n) is 5.14. The first-order valence-corrected chi connectivity index (χ1v) is 8.99. The fourth-order valence-electron chi connectivity index (χ4n) is 3.89. The number of carbonyl (C=O) groups excluding carboxylic acids is 1. The van der Waals surface area contributed by atoms with Gasteiger partial charge < -0.3 is 10.2 Å². The van der Waals surface area contributed by atoms with Gasteiger partial charge in [0, 0.05) is 24.8 Å². The second-order valence-corrected chi connectivity index (χ2v) is 7.11. The number of alkyl halides is 3. The SMILES string of the molecule is C[C@@H]1C[C@H](C(F)(F)F)n2nc(C3CCCN3C(=O)c3ccccn3)cc2N1. The monoisotopic (exact) mass is 379 g/mol. The molecule has 2 aliphatic rings. The van der Waals surface area contributed by atoms with Crippen LogP contribution in [0.1, 0.15) is 54.5 Å². The summed E-state index contributed by atoms with van der Waals surface area (Å²) < 4.78 is 41.4. The minimum Gasteiger partial charge on any atom is -0.368 e. The van der Waals surface area contributed by atoms with Gasteiger partial charge in [-0.1, -0.05) is 6.07 Å². The highest BCUT2D eigenvalue weighted by atomic mass is 19.4. The molecule has 1 fully saturated rings. The van der Waals surface area contributed by atoms with Crippen molar-refractivity contribution in [1.29, 1.82) is 0 Å². The Morgan fingerprint density at radius 1 is 1.33 bits per heavy atom. The first kappa shape index (κ1) is 17.8. The molecular weight excluding hydrogens is 359 g/mol. The van der Waals surface area contributed by atoms with Crippen molar-refractivity contribution in [2.45, 2.75) is 50.5 Å². The molecule has 0 aromatic carbocycles. The quantitative estimate of drug-likeness (QED) is 0.867. The summed E-state index contributed by atoms with van der Waals surface area (Å²) in [5, 5.41) is 7.33. The first-order valence-electron chi connectivity index (χ1n) is 8.99. The lowest BCUT2D eigenvalue weighted by Gasteiger charge is -2.31. The molecule has 0 saturated carbocycles. The Bertz CT molecular complexity index is 835. The van der Waals surface area contributed by atoms with Crippen LogP contribution in [-0.2, 0) is 0 Å². The van der Waals surface area contributed by atoms with Crippen LogP contribution in [0.2, 0.25) is 0 Å². The highest BCUT2D eigenvalue weighted by Crippen LogP contribution is 2.41. The predicted octanol–water partition coefficient (Wildman–Crippen LogP) is 3.56. The summed E-state index contributed by atoms with van der Waals surface area (Å²) in [4.78, 5) is 18.5.